The number of hydrogen-bond acceptors (Lipinski definition) is 4. The zero-order valence-electron chi connectivity index (χ0n) is 13.4. The maximum absolute atomic E-state index is 13.3. The minimum atomic E-state index is -0.357. The Balaban J connectivity index is 1.90. The number of halogens is 1. The quantitative estimate of drug-likeness (QED) is 0.564. The lowest BCUT2D eigenvalue weighted by Crippen LogP contribution is -2.35. The Morgan fingerprint density at radius 1 is 1.25 bits per heavy atom. The second-order valence-electron chi connectivity index (χ2n) is 4.98. The van der Waals surface area contributed by atoms with Crippen LogP contribution in [0.25, 0.3) is 0 Å². The first kappa shape index (κ1) is 18.1. The van der Waals surface area contributed by atoms with Crippen LogP contribution >= 0.6 is 12.2 Å². The lowest BCUT2D eigenvalue weighted by molar-refractivity contribution is 0.195. The van der Waals surface area contributed by atoms with Crippen LogP contribution < -0.4 is 15.4 Å². The maximum Gasteiger partial charge on any atom is 0.224 e. The van der Waals surface area contributed by atoms with Gasteiger partial charge in [0.2, 0.25) is 5.88 Å². The molecular formula is C17H20FN3O2S. The molecule has 0 radical (unpaired) electrons. The van der Waals surface area contributed by atoms with Crippen molar-refractivity contribution in [2.45, 2.75) is 13.0 Å². The van der Waals surface area contributed by atoms with Crippen molar-refractivity contribution in [2.24, 2.45) is 0 Å². The molecule has 128 valence electrons. The number of ether oxygens (including phenoxy) is 2. The van der Waals surface area contributed by atoms with Crippen molar-refractivity contribution >= 4 is 17.3 Å². The molecule has 1 aromatic carbocycles. The summed E-state index contributed by atoms with van der Waals surface area (Å²) < 4.78 is 23.9. The molecule has 1 heterocycles. The molecule has 24 heavy (non-hydrogen) atoms. The zero-order chi connectivity index (χ0) is 17.2. The number of benzene rings is 1. The van der Waals surface area contributed by atoms with E-state index in [-0.39, 0.29) is 5.82 Å². The molecule has 0 atom stereocenters. The molecule has 0 aliphatic carbocycles. The molecule has 5 nitrogen and oxygen atoms in total. The monoisotopic (exact) mass is 349 g/mol. The summed E-state index contributed by atoms with van der Waals surface area (Å²) in [7, 11) is 1.67. The molecule has 0 bridgehead atoms. The van der Waals surface area contributed by atoms with Crippen molar-refractivity contribution in [3.8, 4) is 11.6 Å². The minimum Gasteiger partial charge on any atom is -0.439 e. The summed E-state index contributed by atoms with van der Waals surface area (Å²) in [4.78, 5) is 4.20. The summed E-state index contributed by atoms with van der Waals surface area (Å²) in [5, 5.41) is 6.74. The highest BCUT2D eigenvalue weighted by Gasteiger charge is 2.07. The summed E-state index contributed by atoms with van der Waals surface area (Å²) in [6, 6.07) is 9.63. The van der Waals surface area contributed by atoms with Gasteiger partial charge in [-0.3, -0.25) is 0 Å². The summed E-state index contributed by atoms with van der Waals surface area (Å²) in [6.45, 7) is 1.87. The van der Waals surface area contributed by atoms with Gasteiger partial charge < -0.3 is 20.1 Å². The van der Waals surface area contributed by atoms with Gasteiger partial charge in [-0.1, -0.05) is 12.1 Å². The third-order valence-electron chi connectivity index (χ3n) is 3.11. The fourth-order valence-electron chi connectivity index (χ4n) is 1.95. The number of aromatic nitrogens is 1. The van der Waals surface area contributed by atoms with Crippen molar-refractivity contribution in [1.29, 1.82) is 0 Å². The van der Waals surface area contributed by atoms with Crippen LogP contribution in [0.2, 0.25) is 0 Å². The standard InChI is InChI=1S/C17H20FN3O2S/c1-22-10-4-9-20-17(24)21-12-13-5-3-8-19-16(13)23-15-7-2-6-14(18)11-15/h2-3,5-8,11H,4,9-10,12H2,1H3,(H2,20,21,24). The first-order valence-corrected chi connectivity index (χ1v) is 7.98. The van der Waals surface area contributed by atoms with Gasteiger partial charge >= 0.3 is 0 Å². The predicted molar refractivity (Wildman–Crippen MR) is 94.6 cm³/mol. The van der Waals surface area contributed by atoms with Crippen molar-refractivity contribution < 1.29 is 13.9 Å². The first-order valence-electron chi connectivity index (χ1n) is 7.57. The van der Waals surface area contributed by atoms with E-state index in [0.717, 1.165) is 18.5 Å². The number of thiocarbonyl (C=S) groups is 1. The minimum absolute atomic E-state index is 0.357. The zero-order valence-corrected chi connectivity index (χ0v) is 14.2. The third-order valence-corrected chi connectivity index (χ3v) is 3.40. The number of hydrogen-bond donors (Lipinski definition) is 2. The Hall–Kier alpha value is -2.25. The van der Waals surface area contributed by atoms with Crippen molar-refractivity contribution in [3.05, 3.63) is 54.0 Å². The molecule has 0 saturated heterocycles. The van der Waals surface area contributed by atoms with Crippen molar-refractivity contribution in [3.63, 3.8) is 0 Å². The van der Waals surface area contributed by atoms with E-state index >= 15 is 0 Å². The Kier molecular flexibility index (Phi) is 7.38. The second-order valence-corrected chi connectivity index (χ2v) is 5.39. The Bertz CT molecular complexity index is 670. The molecule has 2 rings (SSSR count). The molecule has 0 saturated carbocycles. The second kappa shape index (κ2) is 9.79. The van der Waals surface area contributed by atoms with E-state index in [9.17, 15) is 4.39 Å². The van der Waals surface area contributed by atoms with E-state index in [4.69, 9.17) is 21.7 Å². The van der Waals surface area contributed by atoms with Crippen molar-refractivity contribution in [1.82, 2.24) is 15.6 Å². The van der Waals surface area contributed by atoms with Gasteiger partial charge in [-0.15, -0.1) is 0 Å². The number of nitrogens with one attached hydrogen (secondary N) is 2. The molecule has 0 aliphatic heterocycles. The Labute approximate surface area is 146 Å². The highest BCUT2D eigenvalue weighted by Crippen LogP contribution is 2.23. The number of pyridine rings is 1. The summed E-state index contributed by atoms with van der Waals surface area (Å²) in [5.41, 5.74) is 0.822. The molecule has 2 aromatic rings. The lowest BCUT2D eigenvalue weighted by Gasteiger charge is -2.13. The van der Waals surface area contributed by atoms with E-state index < -0.39 is 0 Å². The highest BCUT2D eigenvalue weighted by atomic mass is 32.1. The molecule has 0 aliphatic rings. The molecule has 0 spiro atoms. The number of methoxy groups -OCH3 is 1. The van der Waals surface area contributed by atoms with Gasteiger partial charge in [0, 0.05) is 44.6 Å². The van der Waals surface area contributed by atoms with E-state index in [1.165, 1.54) is 12.1 Å². The van der Waals surface area contributed by atoms with Gasteiger partial charge in [0.15, 0.2) is 5.11 Å². The smallest absolute Gasteiger partial charge is 0.224 e. The summed E-state index contributed by atoms with van der Waals surface area (Å²) >= 11 is 5.22. The van der Waals surface area contributed by atoms with Crippen LogP contribution in [-0.4, -0.2) is 30.4 Å². The largest absolute Gasteiger partial charge is 0.439 e. The van der Waals surface area contributed by atoms with Gasteiger partial charge in [0.25, 0.3) is 0 Å². The Morgan fingerprint density at radius 2 is 2.12 bits per heavy atom. The molecule has 0 amide bonds. The molecule has 0 unspecified atom stereocenters. The van der Waals surface area contributed by atoms with Gasteiger partial charge in [-0.05, 0) is 36.8 Å². The van der Waals surface area contributed by atoms with E-state index in [1.807, 2.05) is 12.1 Å². The van der Waals surface area contributed by atoms with Crippen LogP contribution in [-0.2, 0) is 11.3 Å². The van der Waals surface area contributed by atoms with Crippen LogP contribution in [0.15, 0.2) is 42.6 Å². The molecule has 0 fully saturated rings. The first-order chi connectivity index (χ1) is 11.7. The topological polar surface area (TPSA) is 55.4 Å². The molecule has 1 aromatic heterocycles. The van der Waals surface area contributed by atoms with Crippen molar-refractivity contribution in [2.75, 3.05) is 20.3 Å². The fourth-order valence-corrected chi connectivity index (χ4v) is 2.12. The van der Waals surface area contributed by atoms with Gasteiger partial charge in [0.1, 0.15) is 11.6 Å². The average Bonchev–Trinajstić information content (AvgIpc) is 2.58. The normalized spacial score (nSPS) is 10.2. The number of nitrogens with zero attached hydrogens (tertiary/aromatic N) is 1. The van der Waals surface area contributed by atoms with Crippen LogP contribution in [0.3, 0.4) is 0 Å². The number of rotatable bonds is 8. The average molecular weight is 349 g/mol. The van der Waals surface area contributed by atoms with Gasteiger partial charge in [0.05, 0.1) is 0 Å². The van der Waals surface area contributed by atoms with Crippen LogP contribution in [0.5, 0.6) is 11.6 Å². The van der Waals surface area contributed by atoms with Gasteiger partial charge in [-0.2, -0.15) is 0 Å². The predicted octanol–water partition coefficient (Wildman–Crippen LogP) is 3.01. The van der Waals surface area contributed by atoms with Crippen LogP contribution in [0, 0.1) is 5.82 Å². The molecule has 7 heteroatoms. The fraction of sp³-hybridized carbons (Fsp3) is 0.294. The lowest BCUT2D eigenvalue weighted by atomic mass is 10.2. The van der Waals surface area contributed by atoms with E-state index in [1.54, 1.807) is 25.4 Å². The summed E-state index contributed by atoms with van der Waals surface area (Å²) in [6.07, 6.45) is 2.50. The SMILES string of the molecule is COCCCNC(=S)NCc1cccnc1Oc1cccc(F)c1. The van der Waals surface area contributed by atoms with Crippen LogP contribution in [0.4, 0.5) is 4.39 Å². The summed E-state index contributed by atoms with van der Waals surface area (Å²) in [5.74, 6) is 0.456. The van der Waals surface area contributed by atoms with E-state index in [2.05, 4.69) is 15.6 Å². The Morgan fingerprint density at radius 3 is 2.92 bits per heavy atom. The maximum atomic E-state index is 13.3. The third kappa shape index (κ3) is 6.10. The van der Waals surface area contributed by atoms with Gasteiger partial charge in [-0.25, -0.2) is 9.37 Å². The molecule has 2 N–H and O–H groups in total. The van der Waals surface area contributed by atoms with Crippen LogP contribution in [0.1, 0.15) is 12.0 Å². The molecular weight excluding hydrogens is 329 g/mol. The van der Waals surface area contributed by atoms with E-state index in [0.29, 0.717) is 29.9 Å². The highest BCUT2D eigenvalue weighted by molar-refractivity contribution is 7.80.